The molecule has 1 aromatic rings. The summed E-state index contributed by atoms with van der Waals surface area (Å²) in [4.78, 5) is 28.0. The molecular weight excluding hydrogens is 327 g/mol. The maximum Gasteiger partial charge on any atom is 0.326 e. The third-order valence-electron chi connectivity index (χ3n) is 4.99. The summed E-state index contributed by atoms with van der Waals surface area (Å²) >= 11 is 0. The number of carbonyl (C=O) groups excluding carboxylic acids is 1. The molecule has 7 heteroatoms. The van der Waals surface area contributed by atoms with Crippen molar-refractivity contribution in [3.05, 3.63) is 35.6 Å². The lowest BCUT2D eigenvalue weighted by Crippen LogP contribution is -2.56. The van der Waals surface area contributed by atoms with Gasteiger partial charge < -0.3 is 14.7 Å². The van der Waals surface area contributed by atoms with Crippen LogP contribution in [0.15, 0.2) is 24.3 Å². The van der Waals surface area contributed by atoms with Gasteiger partial charge in [-0.05, 0) is 30.5 Å². The van der Waals surface area contributed by atoms with Gasteiger partial charge in [-0.3, -0.25) is 9.69 Å². The van der Waals surface area contributed by atoms with Gasteiger partial charge >= 0.3 is 5.97 Å². The van der Waals surface area contributed by atoms with Gasteiger partial charge in [-0.2, -0.15) is 0 Å². The van der Waals surface area contributed by atoms with Gasteiger partial charge in [0.2, 0.25) is 5.91 Å². The fourth-order valence-electron chi connectivity index (χ4n) is 3.68. The molecule has 136 valence electrons. The zero-order chi connectivity index (χ0) is 17.8. The zero-order valence-corrected chi connectivity index (χ0v) is 14.1. The molecule has 2 aliphatic heterocycles. The van der Waals surface area contributed by atoms with E-state index in [1.807, 2.05) is 0 Å². The molecule has 1 aromatic carbocycles. The average molecular weight is 350 g/mol. The quantitative estimate of drug-likeness (QED) is 0.882. The average Bonchev–Trinajstić information content (AvgIpc) is 2.62. The number of hydrogen-bond acceptors (Lipinski definition) is 4. The van der Waals surface area contributed by atoms with E-state index in [-0.39, 0.29) is 18.4 Å². The first-order valence-electron chi connectivity index (χ1n) is 8.63. The fraction of sp³-hybridized carbons (Fsp3) is 0.556. The summed E-state index contributed by atoms with van der Waals surface area (Å²) in [5, 5.41) is 9.59. The van der Waals surface area contributed by atoms with Crippen LogP contribution in [-0.2, 0) is 20.7 Å². The summed E-state index contributed by atoms with van der Waals surface area (Å²) in [6.07, 6.45) is 1.19. The Bertz CT molecular complexity index is 633. The summed E-state index contributed by atoms with van der Waals surface area (Å²) in [6, 6.07) is 5.19. The van der Waals surface area contributed by atoms with Gasteiger partial charge in [-0.25, -0.2) is 9.18 Å². The molecular formula is C18H23FN2O4. The molecule has 0 spiro atoms. The van der Waals surface area contributed by atoms with Crippen LogP contribution in [0, 0.1) is 5.82 Å². The minimum absolute atomic E-state index is 0.0176. The summed E-state index contributed by atoms with van der Waals surface area (Å²) in [5.41, 5.74) is 0.560. The minimum atomic E-state index is -0.981. The minimum Gasteiger partial charge on any atom is -0.480 e. The predicted octanol–water partition coefficient (Wildman–Crippen LogP) is 1.14. The van der Waals surface area contributed by atoms with E-state index >= 15 is 0 Å². The highest BCUT2D eigenvalue weighted by molar-refractivity contribution is 5.85. The molecule has 6 nitrogen and oxygen atoms in total. The number of benzene rings is 1. The van der Waals surface area contributed by atoms with E-state index in [9.17, 15) is 19.1 Å². The van der Waals surface area contributed by atoms with E-state index in [2.05, 4.69) is 4.90 Å². The zero-order valence-electron chi connectivity index (χ0n) is 14.1. The van der Waals surface area contributed by atoms with Crippen molar-refractivity contribution in [2.24, 2.45) is 0 Å². The van der Waals surface area contributed by atoms with Crippen LogP contribution in [-0.4, -0.2) is 71.7 Å². The Hall–Kier alpha value is -1.99. The Balaban J connectivity index is 1.66. The molecule has 1 amide bonds. The summed E-state index contributed by atoms with van der Waals surface area (Å²) in [6.45, 7) is 3.34. The van der Waals surface area contributed by atoms with Gasteiger partial charge in [0.15, 0.2) is 0 Å². The van der Waals surface area contributed by atoms with E-state index in [1.54, 1.807) is 12.1 Å². The number of piperidine rings is 1. The van der Waals surface area contributed by atoms with Crippen LogP contribution in [0.25, 0.3) is 0 Å². The first-order chi connectivity index (χ1) is 12.0. The maximum absolute atomic E-state index is 13.3. The molecule has 2 aliphatic rings. The van der Waals surface area contributed by atoms with Crippen molar-refractivity contribution < 1.29 is 23.8 Å². The lowest BCUT2D eigenvalue weighted by atomic mass is 9.94. The Morgan fingerprint density at radius 2 is 2.00 bits per heavy atom. The smallest absolute Gasteiger partial charge is 0.326 e. The molecule has 2 atom stereocenters. The number of halogens is 1. The highest BCUT2D eigenvalue weighted by atomic mass is 19.1. The van der Waals surface area contributed by atoms with Crippen LogP contribution in [0.4, 0.5) is 4.39 Å². The molecule has 1 N–H and O–H groups in total. The largest absolute Gasteiger partial charge is 0.480 e. The van der Waals surface area contributed by atoms with Crippen molar-refractivity contribution in [3.63, 3.8) is 0 Å². The number of nitrogens with zero attached hydrogens (tertiary/aromatic N) is 2. The molecule has 25 heavy (non-hydrogen) atoms. The molecule has 0 unspecified atom stereocenters. The molecule has 2 heterocycles. The molecule has 3 rings (SSSR count). The Morgan fingerprint density at radius 3 is 2.68 bits per heavy atom. The van der Waals surface area contributed by atoms with Gasteiger partial charge in [0, 0.05) is 25.7 Å². The standard InChI is InChI=1S/C18H23FN2O4/c19-14-3-1-2-13(10-14)11-17(22)21-5-4-15(12-16(21)18(23)24)20-6-8-25-9-7-20/h1-3,10,15-16H,4-9,11-12H2,(H,23,24)/t15-,16+/m1/s1. The number of aliphatic carboxylic acids is 1. The molecule has 0 saturated carbocycles. The normalized spacial score (nSPS) is 24.9. The molecule has 0 radical (unpaired) electrons. The summed E-state index contributed by atoms with van der Waals surface area (Å²) in [7, 11) is 0. The van der Waals surface area contributed by atoms with E-state index in [0.717, 1.165) is 19.5 Å². The number of ether oxygens (including phenoxy) is 1. The molecule has 2 saturated heterocycles. The van der Waals surface area contributed by atoms with Crippen LogP contribution in [0.1, 0.15) is 18.4 Å². The van der Waals surface area contributed by atoms with E-state index in [1.165, 1.54) is 17.0 Å². The van der Waals surface area contributed by atoms with Gasteiger partial charge in [0.1, 0.15) is 11.9 Å². The van der Waals surface area contributed by atoms with Gasteiger partial charge in [0.25, 0.3) is 0 Å². The third kappa shape index (κ3) is 4.35. The maximum atomic E-state index is 13.3. The van der Waals surface area contributed by atoms with Crippen molar-refractivity contribution in [2.45, 2.75) is 31.3 Å². The SMILES string of the molecule is O=C(O)[C@@H]1C[C@H](N2CCOCC2)CCN1C(=O)Cc1cccc(F)c1. The molecule has 2 fully saturated rings. The second kappa shape index (κ2) is 7.93. The summed E-state index contributed by atoms with van der Waals surface area (Å²) in [5.74, 6) is -1.64. The first-order valence-corrected chi connectivity index (χ1v) is 8.63. The summed E-state index contributed by atoms with van der Waals surface area (Å²) < 4.78 is 18.6. The molecule has 0 bridgehead atoms. The topological polar surface area (TPSA) is 70.1 Å². The lowest BCUT2D eigenvalue weighted by molar-refractivity contribution is -0.153. The van der Waals surface area contributed by atoms with Crippen LogP contribution in [0.5, 0.6) is 0 Å². The van der Waals surface area contributed by atoms with Crippen molar-refractivity contribution in [1.82, 2.24) is 9.80 Å². The van der Waals surface area contributed by atoms with E-state index in [4.69, 9.17) is 4.74 Å². The Morgan fingerprint density at radius 1 is 1.24 bits per heavy atom. The van der Waals surface area contributed by atoms with Crippen molar-refractivity contribution in [1.29, 1.82) is 0 Å². The number of carboxylic acid groups (broad SMARTS) is 1. The van der Waals surface area contributed by atoms with Gasteiger partial charge in [0.05, 0.1) is 19.6 Å². The number of morpholine rings is 1. The van der Waals surface area contributed by atoms with Crippen molar-refractivity contribution in [3.8, 4) is 0 Å². The van der Waals surface area contributed by atoms with Crippen LogP contribution in [0.2, 0.25) is 0 Å². The van der Waals surface area contributed by atoms with Crippen LogP contribution >= 0.6 is 0 Å². The van der Waals surface area contributed by atoms with E-state index < -0.39 is 17.8 Å². The number of carbonyl (C=O) groups is 2. The fourth-order valence-corrected chi connectivity index (χ4v) is 3.68. The second-order valence-corrected chi connectivity index (χ2v) is 6.57. The predicted molar refractivity (Wildman–Crippen MR) is 88.7 cm³/mol. The van der Waals surface area contributed by atoms with Crippen molar-refractivity contribution >= 4 is 11.9 Å². The van der Waals surface area contributed by atoms with Gasteiger partial charge in [-0.15, -0.1) is 0 Å². The number of rotatable bonds is 4. The van der Waals surface area contributed by atoms with Crippen LogP contribution in [0.3, 0.4) is 0 Å². The van der Waals surface area contributed by atoms with Crippen molar-refractivity contribution in [2.75, 3.05) is 32.8 Å². The Kier molecular flexibility index (Phi) is 5.65. The highest BCUT2D eigenvalue weighted by Crippen LogP contribution is 2.24. The third-order valence-corrected chi connectivity index (χ3v) is 4.99. The first kappa shape index (κ1) is 17.8. The monoisotopic (exact) mass is 350 g/mol. The number of carboxylic acids is 1. The number of amides is 1. The second-order valence-electron chi connectivity index (χ2n) is 6.57. The number of hydrogen-bond donors (Lipinski definition) is 1. The van der Waals surface area contributed by atoms with E-state index in [0.29, 0.717) is 31.7 Å². The Labute approximate surface area is 146 Å². The van der Waals surface area contributed by atoms with Gasteiger partial charge in [-0.1, -0.05) is 12.1 Å². The molecule has 0 aliphatic carbocycles. The molecule has 0 aromatic heterocycles. The highest BCUT2D eigenvalue weighted by Gasteiger charge is 2.38. The van der Waals surface area contributed by atoms with Crippen LogP contribution < -0.4 is 0 Å². The lowest BCUT2D eigenvalue weighted by Gasteiger charge is -2.43. The number of likely N-dealkylation sites (tertiary alicyclic amines) is 1.